The van der Waals surface area contributed by atoms with E-state index in [1.165, 1.54) is 0 Å². The van der Waals surface area contributed by atoms with Crippen LogP contribution < -0.4 is 16.0 Å². The predicted molar refractivity (Wildman–Crippen MR) is 85.6 cm³/mol. The molecule has 1 aliphatic rings. The van der Waals surface area contributed by atoms with Gasteiger partial charge in [-0.25, -0.2) is 10.2 Å². The van der Waals surface area contributed by atoms with Crippen molar-refractivity contribution < 1.29 is 14.3 Å². The van der Waals surface area contributed by atoms with Crippen molar-refractivity contribution in [1.29, 1.82) is 0 Å². The second-order valence-corrected chi connectivity index (χ2v) is 5.73. The Morgan fingerprint density at radius 3 is 2.96 bits per heavy atom. The minimum Gasteiger partial charge on any atom is -0.469 e. The number of ether oxygens (including phenoxy) is 2. The van der Waals surface area contributed by atoms with Gasteiger partial charge in [0.1, 0.15) is 5.75 Å². The van der Waals surface area contributed by atoms with E-state index in [2.05, 4.69) is 10.4 Å². The Bertz CT molecular complexity index is 701. The Hall–Kier alpha value is -2.38. The number of nitrogens with one attached hydrogen (secondary N) is 1. The summed E-state index contributed by atoms with van der Waals surface area (Å²) in [5, 5.41) is 1.89. The second kappa shape index (κ2) is 6.39. The molecule has 0 saturated carbocycles. The molecule has 0 spiro atoms. The molecule has 1 amide bonds. The lowest BCUT2D eigenvalue weighted by Crippen LogP contribution is -2.49. The van der Waals surface area contributed by atoms with Gasteiger partial charge >= 0.3 is 6.09 Å². The van der Waals surface area contributed by atoms with E-state index >= 15 is 0 Å². The Labute approximate surface area is 134 Å². The lowest BCUT2D eigenvalue weighted by atomic mass is 10.1. The van der Waals surface area contributed by atoms with Gasteiger partial charge < -0.3 is 14.4 Å². The van der Waals surface area contributed by atoms with Crippen LogP contribution in [0.5, 0.6) is 5.75 Å². The van der Waals surface area contributed by atoms with Gasteiger partial charge in [0.05, 0.1) is 6.54 Å². The average molecular weight is 316 g/mol. The van der Waals surface area contributed by atoms with Gasteiger partial charge in [-0.1, -0.05) is 12.1 Å². The zero-order chi connectivity index (χ0) is 16.4. The molecule has 2 heterocycles. The summed E-state index contributed by atoms with van der Waals surface area (Å²) in [4.78, 5) is 17.6. The lowest BCUT2D eigenvalue weighted by molar-refractivity contribution is 0.0297. The molecule has 3 N–H and O–H groups in total. The molecule has 23 heavy (non-hydrogen) atoms. The van der Waals surface area contributed by atoms with Gasteiger partial charge in [-0.3, -0.25) is 10.8 Å². The van der Waals surface area contributed by atoms with Crippen molar-refractivity contribution >= 4 is 16.9 Å². The molecule has 7 heteroatoms. The molecule has 0 aliphatic carbocycles. The summed E-state index contributed by atoms with van der Waals surface area (Å²) in [6, 6.07) is 7.63. The zero-order valence-corrected chi connectivity index (χ0v) is 13.1. The Morgan fingerprint density at radius 1 is 1.43 bits per heavy atom. The molecule has 2 aromatic rings. The van der Waals surface area contributed by atoms with E-state index in [0.29, 0.717) is 12.3 Å². The number of nitrogens with two attached hydrogens (primary N) is 1. The standard InChI is InChI=1S/C16H20N4O3/c1-10(2)20-9-14(23-16(20)21)15(19-17)22-13-5-3-4-11-8-18-7-6-12(11)13/h3-8,10,14-15,19H,9,17H2,1-2H3. The molecule has 122 valence electrons. The quantitative estimate of drug-likeness (QED) is 0.495. The maximum Gasteiger partial charge on any atom is 0.410 e. The van der Waals surface area contributed by atoms with Crippen LogP contribution >= 0.6 is 0 Å². The summed E-state index contributed by atoms with van der Waals surface area (Å²) in [6.07, 6.45) is 2.00. The SMILES string of the molecule is CC(C)N1CC(C(NN)Oc2cccc3cnccc23)OC1=O. The fourth-order valence-corrected chi connectivity index (χ4v) is 2.63. The number of pyridine rings is 1. The van der Waals surface area contributed by atoms with Crippen LogP contribution in [-0.4, -0.2) is 40.9 Å². The first-order valence-electron chi connectivity index (χ1n) is 7.53. The molecule has 1 fully saturated rings. The number of nitrogens with zero attached hydrogens (tertiary/aromatic N) is 2. The number of rotatable bonds is 5. The van der Waals surface area contributed by atoms with E-state index in [-0.39, 0.29) is 12.1 Å². The van der Waals surface area contributed by atoms with Crippen LogP contribution in [0.4, 0.5) is 4.79 Å². The van der Waals surface area contributed by atoms with E-state index in [4.69, 9.17) is 15.3 Å². The molecule has 2 atom stereocenters. The normalized spacial score (nSPS) is 19.2. The van der Waals surface area contributed by atoms with Crippen molar-refractivity contribution in [3.8, 4) is 5.75 Å². The highest BCUT2D eigenvalue weighted by Crippen LogP contribution is 2.27. The van der Waals surface area contributed by atoms with Crippen LogP contribution in [0.25, 0.3) is 10.8 Å². The summed E-state index contributed by atoms with van der Waals surface area (Å²) in [5.41, 5.74) is 2.60. The zero-order valence-electron chi connectivity index (χ0n) is 13.1. The summed E-state index contributed by atoms with van der Waals surface area (Å²) < 4.78 is 11.3. The molecule has 3 rings (SSSR count). The first-order valence-corrected chi connectivity index (χ1v) is 7.53. The molecular weight excluding hydrogens is 296 g/mol. The number of hydrogen-bond donors (Lipinski definition) is 2. The molecule has 1 saturated heterocycles. The highest BCUT2D eigenvalue weighted by molar-refractivity contribution is 5.87. The second-order valence-electron chi connectivity index (χ2n) is 5.73. The predicted octanol–water partition coefficient (Wildman–Crippen LogP) is 1.63. The van der Waals surface area contributed by atoms with E-state index in [1.54, 1.807) is 17.3 Å². The molecule has 2 unspecified atom stereocenters. The monoisotopic (exact) mass is 316 g/mol. The first-order chi connectivity index (χ1) is 11.1. The van der Waals surface area contributed by atoms with Gasteiger partial charge in [0, 0.05) is 29.2 Å². The number of fused-ring (bicyclic) bond motifs is 1. The van der Waals surface area contributed by atoms with Crippen molar-refractivity contribution in [1.82, 2.24) is 15.3 Å². The number of carbonyl (C=O) groups excluding carboxylic acids is 1. The first kappa shape index (κ1) is 15.5. The fraction of sp³-hybridized carbons (Fsp3) is 0.375. The van der Waals surface area contributed by atoms with Gasteiger partial charge in [0.25, 0.3) is 0 Å². The van der Waals surface area contributed by atoms with Crippen LogP contribution in [0.1, 0.15) is 13.8 Å². The smallest absolute Gasteiger partial charge is 0.410 e. The van der Waals surface area contributed by atoms with Crippen molar-refractivity contribution in [3.63, 3.8) is 0 Å². The Kier molecular flexibility index (Phi) is 4.31. The van der Waals surface area contributed by atoms with Gasteiger partial charge in [0.2, 0.25) is 6.23 Å². The molecule has 1 aliphatic heterocycles. The number of amides is 1. The van der Waals surface area contributed by atoms with E-state index < -0.39 is 12.3 Å². The Balaban J connectivity index is 1.81. The average Bonchev–Trinajstić information content (AvgIpc) is 2.94. The molecular formula is C16H20N4O3. The molecule has 1 aromatic heterocycles. The van der Waals surface area contributed by atoms with Crippen molar-refractivity contribution in [2.75, 3.05) is 6.54 Å². The topological polar surface area (TPSA) is 89.7 Å². The third-order valence-corrected chi connectivity index (χ3v) is 3.88. The molecule has 0 bridgehead atoms. The number of benzene rings is 1. The van der Waals surface area contributed by atoms with Gasteiger partial charge in [-0.05, 0) is 26.0 Å². The van der Waals surface area contributed by atoms with Crippen molar-refractivity contribution in [2.45, 2.75) is 32.2 Å². The van der Waals surface area contributed by atoms with Crippen LogP contribution in [0.15, 0.2) is 36.7 Å². The van der Waals surface area contributed by atoms with Crippen LogP contribution in [-0.2, 0) is 4.74 Å². The Morgan fingerprint density at radius 2 is 2.26 bits per heavy atom. The third kappa shape index (κ3) is 3.06. The molecule has 1 aromatic carbocycles. The molecule has 0 radical (unpaired) electrons. The summed E-state index contributed by atoms with van der Waals surface area (Å²) in [7, 11) is 0. The van der Waals surface area contributed by atoms with Gasteiger partial charge in [0.15, 0.2) is 6.10 Å². The summed E-state index contributed by atoms with van der Waals surface area (Å²) >= 11 is 0. The maximum atomic E-state index is 11.9. The van der Waals surface area contributed by atoms with Crippen LogP contribution in [0.2, 0.25) is 0 Å². The van der Waals surface area contributed by atoms with E-state index in [1.807, 2.05) is 38.1 Å². The fourth-order valence-electron chi connectivity index (χ4n) is 2.63. The highest BCUT2D eigenvalue weighted by atomic mass is 16.6. The van der Waals surface area contributed by atoms with Crippen molar-refractivity contribution in [3.05, 3.63) is 36.7 Å². The van der Waals surface area contributed by atoms with Crippen LogP contribution in [0, 0.1) is 0 Å². The van der Waals surface area contributed by atoms with Gasteiger partial charge in [-0.2, -0.15) is 0 Å². The minimum atomic E-state index is -0.638. The van der Waals surface area contributed by atoms with Crippen LogP contribution in [0.3, 0.4) is 0 Å². The number of hydrogen-bond acceptors (Lipinski definition) is 6. The number of aromatic nitrogens is 1. The largest absolute Gasteiger partial charge is 0.469 e. The number of cyclic esters (lactones) is 1. The van der Waals surface area contributed by atoms with Gasteiger partial charge in [-0.15, -0.1) is 0 Å². The third-order valence-electron chi connectivity index (χ3n) is 3.88. The summed E-state index contributed by atoms with van der Waals surface area (Å²) in [5.74, 6) is 6.27. The maximum absolute atomic E-state index is 11.9. The number of hydrazine groups is 1. The van der Waals surface area contributed by atoms with E-state index in [0.717, 1.165) is 10.8 Å². The highest BCUT2D eigenvalue weighted by Gasteiger charge is 2.38. The minimum absolute atomic E-state index is 0.0644. The van der Waals surface area contributed by atoms with E-state index in [9.17, 15) is 4.79 Å². The number of carbonyl (C=O) groups is 1. The lowest BCUT2D eigenvalue weighted by Gasteiger charge is -2.23. The molecule has 7 nitrogen and oxygen atoms in total. The summed E-state index contributed by atoms with van der Waals surface area (Å²) in [6.45, 7) is 4.30. The van der Waals surface area contributed by atoms with Crippen molar-refractivity contribution in [2.24, 2.45) is 5.84 Å².